The fourth-order valence-corrected chi connectivity index (χ4v) is 2.62. The van der Waals surface area contributed by atoms with E-state index in [9.17, 15) is 0 Å². The summed E-state index contributed by atoms with van der Waals surface area (Å²) in [7, 11) is 0. The topological polar surface area (TPSA) is 39.2 Å². The zero-order valence-electron chi connectivity index (χ0n) is 9.71. The monoisotopic (exact) mass is 205 g/mol. The second-order valence-corrected chi connectivity index (χ2v) is 5.19. The van der Waals surface area contributed by atoms with Gasteiger partial charge in [-0.05, 0) is 37.0 Å². The average molecular weight is 205 g/mol. The second kappa shape index (κ2) is 3.24. The lowest BCUT2D eigenvalue weighted by atomic mass is 9.88. The fourth-order valence-electron chi connectivity index (χ4n) is 2.62. The molecule has 15 heavy (non-hydrogen) atoms. The molecule has 1 aliphatic rings. The maximum absolute atomic E-state index is 5.90. The van der Waals surface area contributed by atoms with Crippen LogP contribution in [0.2, 0.25) is 0 Å². The van der Waals surface area contributed by atoms with Gasteiger partial charge < -0.3 is 10.2 Å². The highest BCUT2D eigenvalue weighted by molar-refractivity contribution is 5.51. The molecule has 0 amide bonds. The standard InChI is InChI=1S/C13H19NO/c1-10(7-11-5-4-6-15-11)13(9-14)8-12(13,2)3/h4-7H,8-9,14H2,1-3H3/b10-7+. The molecule has 0 bridgehead atoms. The van der Waals surface area contributed by atoms with Gasteiger partial charge >= 0.3 is 0 Å². The highest BCUT2D eigenvalue weighted by atomic mass is 16.3. The van der Waals surface area contributed by atoms with Crippen molar-refractivity contribution < 1.29 is 4.42 Å². The molecular formula is C13H19NO. The van der Waals surface area contributed by atoms with Crippen LogP contribution >= 0.6 is 0 Å². The summed E-state index contributed by atoms with van der Waals surface area (Å²) in [6.07, 6.45) is 4.99. The molecule has 1 fully saturated rings. The van der Waals surface area contributed by atoms with E-state index in [2.05, 4.69) is 26.8 Å². The van der Waals surface area contributed by atoms with Gasteiger partial charge in [0.1, 0.15) is 5.76 Å². The quantitative estimate of drug-likeness (QED) is 0.823. The number of nitrogens with two attached hydrogens (primary N) is 1. The van der Waals surface area contributed by atoms with Crippen molar-refractivity contribution in [3.63, 3.8) is 0 Å². The van der Waals surface area contributed by atoms with Gasteiger partial charge in [0, 0.05) is 12.0 Å². The van der Waals surface area contributed by atoms with Gasteiger partial charge in [0.25, 0.3) is 0 Å². The van der Waals surface area contributed by atoms with Crippen LogP contribution in [0.25, 0.3) is 6.08 Å². The Balaban J connectivity index is 2.25. The van der Waals surface area contributed by atoms with Gasteiger partial charge in [-0.2, -0.15) is 0 Å². The van der Waals surface area contributed by atoms with Gasteiger partial charge in [-0.3, -0.25) is 0 Å². The minimum Gasteiger partial charge on any atom is -0.465 e. The van der Waals surface area contributed by atoms with Gasteiger partial charge in [0.2, 0.25) is 0 Å². The Morgan fingerprint density at radius 3 is 2.67 bits per heavy atom. The van der Waals surface area contributed by atoms with Crippen LogP contribution in [0.4, 0.5) is 0 Å². The van der Waals surface area contributed by atoms with E-state index in [1.54, 1.807) is 6.26 Å². The van der Waals surface area contributed by atoms with Crippen LogP contribution in [0.1, 0.15) is 33.0 Å². The van der Waals surface area contributed by atoms with Crippen molar-refractivity contribution in [1.82, 2.24) is 0 Å². The second-order valence-electron chi connectivity index (χ2n) is 5.19. The molecular weight excluding hydrogens is 186 g/mol. The Labute approximate surface area is 91.2 Å². The molecule has 2 nitrogen and oxygen atoms in total. The Kier molecular flexibility index (Phi) is 2.27. The number of rotatable bonds is 3. The molecule has 0 aromatic carbocycles. The molecule has 1 aliphatic carbocycles. The maximum atomic E-state index is 5.90. The van der Waals surface area contributed by atoms with Crippen molar-refractivity contribution in [3.05, 3.63) is 29.7 Å². The fraction of sp³-hybridized carbons (Fsp3) is 0.538. The Morgan fingerprint density at radius 1 is 1.60 bits per heavy atom. The molecule has 0 radical (unpaired) electrons. The van der Waals surface area contributed by atoms with Crippen LogP contribution in [0.3, 0.4) is 0 Å². The van der Waals surface area contributed by atoms with Gasteiger partial charge in [0.05, 0.1) is 6.26 Å². The normalized spacial score (nSPS) is 29.2. The first-order chi connectivity index (χ1) is 7.02. The van der Waals surface area contributed by atoms with E-state index in [1.807, 2.05) is 12.1 Å². The van der Waals surface area contributed by atoms with Crippen LogP contribution < -0.4 is 5.73 Å². The first-order valence-electron chi connectivity index (χ1n) is 5.44. The third kappa shape index (κ3) is 1.53. The van der Waals surface area contributed by atoms with E-state index in [4.69, 9.17) is 10.2 Å². The molecule has 2 heteroatoms. The van der Waals surface area contributed by atoms with Crippen LogP contribution in [0, 0.1) is 10.8 Å². The van der Waals surface area contributed by atoms with Gasteiger partial charge in [-0.15, -0.1) is 0 Å². The Morgan fingerprint density at radius 2 is 2.27 bits per heavy atom. The van der Waals surface area contributed by atoms with Crippen molar-refractivity contribution in [1.29, 1.82) is 0 Å². The van der Waals surface area contributed by atoms with Crippen LogP contribution in [-0.4, -0.2) is 6.54 Å². The lowest BCUT2D eigenvalue weighted by Gasteiger charge is -2.19. The third-order valence-corrected chi connectivity index (χ3v) is 3.92. The molecule has 1 aromatic heterocycles. The van der Waals surface area contributed by atoms with E-state index >= 15 is 0 Å². The largest absolute Gasteiger partial charge is 0.465 e. The smallest absolute Gasteiger partial charge is 0.126 e. The summed E-state index contributed by atoms with van der Waals surface area (Å²) >= 11 is 0. The lowest BCUT2D eigenvalue weighted by Crippen LogP contribution is -2.22. The maximum Gasteiger partial charge on any atom is 0.126 e. The zero-order valence-corrected chi connectivity index (χ0v) is 9.71. The van der Waals surface area contributed by atoms with Gasteiger partial charge in [0.15, 0.2) is 0 Å². The van der Waals surface area contributed by atoms with E-state index in [1.165, 1.54) is 12.0 Å². The molecule has 1 atom stereocenters. The van der Waals surface area contributed by atoms with Crippen molar-refractivity contribution in [3.8, 4) is 0 Å². The van der Waals surface area contributed by atoms with Gasteiger partial charge in [-0.25, -0.2) is 0 Å². The highest BCUT2D eigenvalue weighted by Crippen LogP contribution is 2.66. The van der Waals surface area contributed by atoms with E-state index in [0.29, 0.717) is 5.41 Å². The Bertz CT molecular complexity index is 375. The van der Waals surface area contributed by atoms with Crippen LogP contribution in [0.15, 0.2) is 28.4 Å². The predicted molar refractivity (Wildman–Crippen MR) is 62.2 cm³/mol. The zero-order chi connectivity index (χ0) is 11.1. The molecule has 0 saturated heterocycles. The van der Waals surface area contributed by atoms with Crippen LogP contribution in [-0.2, 0) is 0 Å². The summed E-state index contributed by atoms with van der Waals surface area (Å²) in [5.41, 5.74) is 7.78. The van der Waals surface area contributed by atoms with Crippen molar-refractivity contribution in [2.45, 2.75) is 27.2 Å². The summed E-state index contributed by atoms with van der Waals surface area (Å²) in [6.45, 7) is 7.44. The highest BCUT2D eigenvalue weighted by Gasteiger charge is 2.60. The van der Waals surface area contributed by atoms with Gasteiger partial charge in [-0.1, -0.05) is 19.4 Å². The Hall–Kier alpha value is -1.02. The average Bonchev–Trinajstić information content (AvgIpc) is 2.58. The van der Waals surface area contributed by atoms with Crippen LogP contribution in [0.5, 0.6) is 0 Å². The molecule has 0 spiro atoms. The van der Waals surface area contributed by atoms with Crippen molar-refractivity contribution in [2.24, 2.45) is 16.6 Å². The number of hydrogen-bond acceptors (Lipinski definition) is 2. The number of hydrogen-bond donors (Lipinski definition) is 1. The minimum absolute atomic E-state index is 0.194. The van der Waals surface area contributed by atoms with E-state index in [-0.39, 0.29) is 5.41 Å². The number of furan rings is 1. The molecule has 1 unspecified atom stereocenters. The molecule has 2 N–H and O–H groups in total. The molecule has 82 valence electrons. The summed E-state index contributed by atoms with van der Waals surface area (Å²) in [5.74, 6) is 0.919. The minimum atomic E-state index is 0.194. The SMILES string of the molecule is C/C(=C\c1ccco1)C1(CN)CC1(C)C. The summed E-state index contributed by atoms with van der Waals surface area (Å²) in [5, 5.41) is 0. The summed E-state index contributed by atoms with van der Waals surface area (Å²) in [6, 6.07) is 3.88. The lowest BCUT2D eigenvalue weighted by molar-refractivity contribution is 0.453. The molecule has 1 aromatic rings. The van der Waals surface area contributed by atoms with E-state index in [0.717, 1.165) is 12.3 Å². The molecule has 1 heterocycles. The first-order valence-corrected chi connectivity index (χ1v) is 5.44. The van der Waals surface area contributed by atoms with Crippen molar-refractivity contribution in [2.75, 3.05) is 6.54 Å². The third-order valence-electron chi connectivity index (χ3n) is 3.92. The molecule has 2 rings (SSSR count). The molecule has 1 saturated carbocycles. The summed E-state index contributed by atoms with van der Waals surface area (Å²) < 4.78 is 5.32. The first kappa shape index (κ1) is 10.5. The van der Waals surface area contributed by atoms with E-state index < -0.39 is 0 Å². The summed E-state index contributed by atoms with van der Waals surface area (Å²) in [4.78, 5) is 0. The predicted octanol–water partition coefficient (Wildman–Crippen LogP) is 3.06. The molecule has 0 aliphatic heterocycles. The van der Waals surface area contributed by atoms with Crippen molar-refractivity contribution >= 4 is 6.08 Å².